The standard InChI is InChI=1S/C21H29NO/c1-2-6-19(18-7-4-3-5-8-18)20(23)22-21-12-15-9-16(13-21)11-17(10-15)14-21/h3-5,7-8,15-17,19H,2,6,9-14H2,1H3,(H,22,23). The summed E-state index contributed by atoms with van der Waals surface area (Å²) >= 11 is 0. The van der Waals surface area contributed by atoms with Crippen molar-refractivity contribution in [3.63, 3.8) is 0 Å². The van der Waals surface area contributed by atoms with Crippen molar-refractivity contribution >= 4 is 5.91 Å². The Hall–Kier alpha value is -1.31. The first kappa shape index (κ1) is 15.2. The van der Waals surface area contributed by atoms with E-state index in [0.29, 0.717) is 0 Å². The van der Waals surface area contributed by atoms with Crippen molar-refractivity contribution in [3.05, 3.63) is 35.9 Å². The van der Waals surface area contributed by atoms with E-state index in [1.165, 1.54) is 44.1 Å². The molecular weight excluding hydrogens is 282 g/mol. The van der Waals surface area contributed by atoms with E-state index in [1.807, 2.05) is 6.07 Å². The third-order valence-corrected chi connectivity index (χ3v) is 6.52. The van der Waals surface area contributed by atoms with Gasteiger partial charge in [-0.15, -0.1) is 0 Å². The zero-order valence-corrected chi connectivity index (χ0v) is 14.3. The lowest BCUT2D eigenvalue weighted by molar-refractivity contribution is -0.128. The van der Waals surface area contributed by atoms with E-state index < -0.39 is 0 Å². The molecule has 1 aromatic rings. The monoisotopic (exact) mass is 311 g/mol. The van der Waals surface area contributed by atoms with Gasteiger partial charge in [-0.05, 0) is 68.3 Å². The molecular formula is C21H29NO. The van der Waals surface area contributed by atoms with Gasteiger partial charge in [0, 0.05) is 5.54 Å². The highest BCUT2D eigenvalue weighted by Crippen LogP contribution is 2.55. The number of carbonyl (C=O) groups excluding carboxylic acids is 1. The van der Waals surface area contributed by atoms with Crippen LogP contribution < -0.4 is 5.32 Å². The molecule has 4 bridgehead atoms. The first-order valence-corrected chi connectivity index (χ1v) is 9.54. The molecule has 0 spiro atoms. The second-order valence-electron chi connectivity index (χ2n) is 8.44. The van der Waals surface area contributed by atoms with Gasteiger partial charge in [-0.3, -0.25) is 4.79 Å². The topological polar surface area (TPSA) is 29.1 Å². The number of carbonyl (C=O) groups is 1. The molecule has 0 aromatic heterocycles. The normalized spacial score (nSPS) is 36.0. The molecule has 23 heavy (non-hydrogen) atoms. The maximum absolute atomic E-state index is 13.1. The molecule has 1 amide bonds. The van der Waals surface area contributed by atoms with Crippen molar-refractivity contribution in [2.24, 2.45) is 17.8 Å². The highest BCUT2D eigenvalue weighted by Gasteiger charge is 2.51. The SMILES string of the molecule is CCCC(C(=O)NC12CC3CC(CC(C3)C1)C2)c1ccccc1. The van der Waals surface area contributed by atoms with E-state index in [-0.39, 0.29) is 17.4 Å². The number of nitrogens with one attached hydrogen (secondary N) is 1. The Morgan fingerprint density at radius 2 is 1.65 bits per heavy atom. The Bertz CT molecular complexity index is 529. The smallest absolute Gasteiger partial charge is 0.227 e. The fourth-order valence-corrected chi connectivity index (χ4v) is 6.04. The van der Waals surface area contributed by atoms with Crippen molar-refractivity contribution in [2.75, 3.05) is 0 Å². The van der Waals surface area contributed by atoms with Gasteiger partial charge in [-0.2, -0.15) is 0 Å². The second-order valence-corrected chi connectivity index (χ2v) is 8.44. The van der Waals surface area contributed by atoms with Gasteiger partial charge >= 0.3 is 0 Å². The Balaban J connectivity index is 1.52. The summed E-state index contributed by atoms with van der Waals surface area (Å²) in [4.78, 5) is 13.1. The minimum atomic E-state index is 0.0224. The van der Waals surface area contributed by atoms with Crippen LogP contribution in [0, 0.1) is 17.8 Å². The van der Waals surface area contributed by atoms with Crippen molar-refractivity contribution in [1.82, 2.24) is 5.32 Å². The van der Waals surface area contributed by atoms with E-state index in [4.69, 9.17) is 0 Å². The lowest BCUT2D eigenvalue weighted by Gasteiger charge is -2.57. The highest BCUT2D eigenvalue weighted by atomic mass is 16.2. The summed E-state index contributed by atoms with van der Waals surface area (Å²) in [5, 5.41) is 3.57. The zero-order valence-electron chi connectivity index (χ0n) is 14.3. The fraction of sp³-hybridized carbons (Fsp3) is 0.667. The minimum Gasteiger partial charge on any atom is -0.350 e. The Morgan fingerprint density at radius 1 is 1.09 bits per heavy atom. The van der Waals surface area contributed by atoms with E-state index in [2.05, 4.69) is 36.5 Å². The van der Waals surface area contributed by atoms with Gasteiger partial charge in [0.15, 0.2) is 0 Å². The zero-order chi connectivity index (χ0) is 15.9. The lowest BCUT2D eigenvalue weighted by Crippen LogP contribution is -2.60. The number of amides is 1. The molecule has 4 aliphatic carbocycles. The number of rotatable bonds is 5. The summed E-state index contributed by atoms with van der Waals surface area (Å²) in [6.07, 6.45) is 9.97. The van der Waals surface area contributed by atoms with E-state index >= 15 is 0 Å². The lowest BCUT2D eigenvalue weighted by atomic mass is 9.53. The average Bonchev–Trinajstić information content (AvgIpc) is 2.51. The van der Waals surface area contributed by atoms with Crippen LogP contribution in [0.4, 0.5) is 0 Å². The first-order chi connectivity index (χ1) is 11.2. The summed E-state index contributed by atoms with van der Waals surface area (Å²) in [6.45, 7) is 2.17. The van der Waals surface area contributed by atoms with Crippen LogP contribution in [-0.4, -0.2) is 11.4 Å². The van der Waals surface area contributed by atoms with E-state index in [0.717, 1.165) is 30.6 Å². The average molecular weight is 311 g/mol. The van der Waals surface area contributed by atoms with Gasteiger partial charge < -0.3 is 5.32 Å². The Kier molecular flexibility index (Phi) is 3.95. The highest BCUT2D eigenvalue weighted by molar-refractivity contribution is 5.84. The molecule has 0 aliphatic heterocycles. The molecule has 124 valence electrons. The van der Waals surface area contributed by atoms with Gasteiger partial charge in [0.25, 0.3) is 0 Å². The van der Waals surface area contributed by atoms with Crippen LogP contribution in [0.15, 0.2) is 30.3 Å². The molecule has 0 radical (unpaired) electrons. The molecule has 2 heteroatoms. The van der Waals surface area contributed by atoms with Crippen LogP contribution in [0.5, 0.6) is 0 Å². The van der Waals surface area contributed by atoms with Gasteiger partial charge in [-0.25, -0.2) is 0 Å². The maximum Gasteiger partial charge on any atom is 0.227 e. The molecule has 1 N–H and O–H groups in total. The largest absolute Gasteiger partial charge is 0.350 e. The minimum absolute atomic E-state index is 0.0224. The first-order valence-electron chi connectivity index (χ1n) is 9.54. The molecule has 4 fully saturated rings. The summed E-state index contributed by atoms with van der Waals surface area (Å²) < 4.78 is 0. The summed E-state index contributed by atoms with van der Waals surface area (Å²) in [5.74, 6) is 2.93. The molecule has 1 aromatic carbocycles. The summed E-state index contributed by atoms with van der Waals surface area (Å²) in [7, 11) is 0. The molecule has 0 heterocycles. The molecule has 4 saturated carbocycles. The van der Waals surface area contributed by atoms with Crippen LogP contribution >= 0.6 is 0 Å². The molecule has 2 nitrogen and oxygen atoms in total. The van der Waals surface area contributed by atoms with Crippen LogP contribution in [0.25, 0.3) is 0 Å². The number of benzene rings is 1. The summed E-state index contributed by atoms with van der Waals surface area (Å²) in [6, 6.07) is 10.4. The summed E-state index contributed by atoms with van der Waals surface area (Å²) in [5.41, 5.74) is 1.31. The second kappa shape index (κ2) is 5.96. The third-order valence-electron chi connectivity index (χ3n) is 6.52. The molecule has 1 unspecified atom stereocenters. The Morgan fingerprint density at radius 3 is 2.17 bits per heavy atom. The van der Waals surface area contributed by atoms with E-state index in [9.17, 15) is 4.79 Å². The van der Waals surface area contributed by atoms with Crippen molar-refractivity contribution in [2.45, 2.75) is 69.7 Å². The predicted molar refractivity (Wildman–Crippen MR) is 93.1 cm³/mol. The van der Waals surface area contributed by atoms with Crippen molar-refractivity contribution in [1.29, 1.82) is 0 Å². The molecule has 4 aliphatic rings. The van der Waals surface area contributed by atoms with Gasteiger partial charge in [0.2, 0.25) is 5.91 Å². The number of hydrogen-bond acceptors (Lipinski definition) is 1. The van der Waals surface area contributed by atoms with Crippen molar-refractivity contribution in [3.8, 4) is 0 Å². The van der Waals surface area contributed by atoms with Gasteiger partial charge in [0.1, 0.15) is 0 Å². The molecule has 0 saturated heterocycles. The van der Waals surface area contributed by atoms with Crippen molar-refractivity contribution < 1.29 is 4.79 Å². The van der Waals surface area contributed by atoms with Crippen LogP contribution in [0.1, 0.15) is 69.8 Å². The number of hydrogen-bond donors (Lipinski definition) is 1. The van der Waals surface area contributed by atoms with E-state index in [1.54, 1.807) is 0 Å². The van der Waals surface area contributed by atoms with Crippen LogP contribution in [-0.2, 0) is 4.79 Å². The molecule has 1 atom stereocenters. The van der Waals surface area contributed by atoms with Gasteiger partial charge in [0.05, 0.1) is 5.92 Å². The van der Waals surface area contributed by atoms with Crippen LogP contribution in [0.2, 0.25) is 0 Å². The third kappa shape index (κ3) is 2.93. The van der Waals surface area contributed by atoms with Gasteiger partial charge in [-0.1, -0.05) is 43.7 Å². The maximum atomic E-state index is 13.1. The fourth-order valence-electron chi connectivity index (χ4n) is 6.04. The molecule has 5 rings (SSSR count). The quantitative estimate of drug-likeness (QED) is 0.842. The predicted octanol–water partition coefficient (Wildman–Crippen LogP) is 4.66. The Labute approximate surface area is 140 Å². The van der Waals surface area contributed by atoms with Crippen LogP contribution in [0.3, 0.4) is 0 Å².